The minimum atomic E-state index is -1.24. The van der Waals surface area contributed by atoms with Crippen molar-refractivity contribution in [1.82, 2.24) is 34.5 Å². The molecule has 1 N–H and O–H groups in total. The number of fused-ring (bicyclic) bond motifs is 1. The largest absolute Gasteiger partial charge is 0.487 e. The van der Waals surface area contributed by atoms with Crippen LogP contribution in [0.2, 0.25) is 0 Å². The summed E-state index contributed by atoms with van der Waals surface area (Å²) in [5.41, 5.74) is 3.17. The van der Waals surface area contributed by atoms with Crippen molar-refractivity contribution in [3.05, 3.63) is 60.6 Å². The molecule has 9 nitrogen and oxygen atoms in total. The van der Waals surface area contributed by atoms with E-state index in [-0.39, 0.29) is 24.8 Å². The summed E-state index contributed by atoms with van der Waals surface area (Å²) in [5.74, 6) is 0.00923. The smallest absolute Gasteiger partial charge is 0.149 e. The standard InChI is InChI=1S/C30H34F2N8O/c1-20-3-2-9-39(20)15-21-11-23(31)13-25(12-21)41-28-6-10-38(18-27(28)32)17-24(4-7-33)40-16-22(14-37-40)29-26-5-8-34-30(26)36-19-35-29/h5,8,11-14,16,19-20,24,27-28H,2-4,6,9-10,15,17-18H2,1H3,(H,34,35,36)/t20-,24?,27?,28?/m0/s1. The van der Waals surface area contributed by atoms with Crippen molar-refractivity contribution in [3.8, 4) is 23.1 Å². The number of aromatic amines is 1. The zero-order valence-electron chi connectivity index (χ0n) is 23.1. The Bertz CT molecular complexity index is 1530. The summed E-state index contributed by atoms with van der Waals surface area (Å²) in [4.78, 5) is 16.1. The van der Waals surface area contributed by atoms with Crippen LogP contribution in [0.4, 0.5) is 8.78 Å². The molecule has 3 aromatic heterocycles. The Hall–Kier alpha value is -3.88. The molecule has 6 rings (SSSR count). The van der Waals surface area contributed by atoms with E-state index in [1.54, 1.807) is 10.9 Å². The van der Waals surface area contributed by atoms with Crippen LogP contribution >= 0.6 is 0 Å². The lowest BCUT2D eigenvalue weighted by atomic mass is 10.0. The number of halogens is 2. The second-order valence-corrected chi connectivity index (χ2v) is 11.2. The molecule has 2 aliphatic heterocycles. The van der Waals surface area contributed by atoms with Crippen LogP contribution in [0.1, 0.15) is 44.2 Å². The third kappa shape index (κ3) is 6.09. The van der Waals surface area contributed by atoms with Crippen molar-refractivity contribution in [2.75, 3.05) is 26.2 Å². The number of nitrogens with zero attached hydrogens (tertiary/aromatic N) is 7. The molecule has 2 saturated heterocycles. The summed E-state index contributed by atoms with van der Waals surface area (Å²) < 4.78 is 37.6. The van der Waals surface area contributed by atoms with E-state index in [0.717, 1.165) is 47.2 Å². The quantitative estimate of drug-likeness (QED) is 0.311. The van der Waals surface area contributed by atoms with Gasteiger partial charge in [-0.2, -0.15) is 10.4 Å². The van der Waals surface area contributed by atoms with E-state index in [1.807, 2.05) is 29.4 Å². The third-order valence-corrected chi connectivity index (χ3v) is 8.26. The van der Waals surface area contributed by atoms with Gasteiger partial charge in [-0.25, -0.2) is 18.7 Å². The molecule has 0 spiro atoms. The molecule has 4 atom stereocenters. The highest BCUT2D eigenvalue weighted by Crippen LogP contribution is 2.28. The molecule has 0 radical (unpaired) electrons. The number of alkyl halides is 1. The van der Waals surface area contributed by atoms with E-state index in [2.05, 4.69) is 37.9 Å². The Morgan fingerprint density at radius 3 is 2.93 bits per heavy atom. The van der Waals surface area contributed by atoms with Crippen molar-refractivity contribution in [1.29, 1.82) is 5.26 Å². The van der Waals surface area contributed by atoms with Crippen LogP contribution in [-0.2, 0) is 6.54 Å². The third-order valence-electron chi connectivity index (χ3n) is 8.26. The molecule has 41 heavy (non-hydrogen) atoms. The molecule has 214 valence electrons. The van der Waals surface area contributed by atoms with Crippen molar-refractivity contribution < 1.29 is 13.5 Å². The number of nitrogens with one attached hydrogen (secondary N) is 1. The van der Waals surface area contributed by atoms with E-state index in [4.69, 9.17) is 4.74 Å². The minimum absolute atomic E-state index is 0.171. The molecular weight excluding hydrogens is 526 g/mol. The van der Waals surface area contributed by atoms with Gasteiger partial charge in [-0.05, 0) is 56.5 Å². The molecule has 11 heteroatoms. The predicted octanol–water partition coefficient (Wildman–Crippen LogP) is 4.89. The van der Waals surface area contributed by atoms with Gasteiger partial charge in [-0.15, -0.1) is 0 Å². The molecule has 0 bridgehead atoms. The van der Waals surface area contributed by atoms with Gasteiger partial charge in [0.05, 0.1) is 30.4 Å². The lowest BCUT2D eigenvalue weighted by Gasteiger charge is -2.36. The first kappa shape index (κ1) is 27.3. The van der Waals surface area contributed by atoms with Gasteiger partial charge in [0.15, 0.2) is 0 Å². The van der Waals surface area contributed by atoms with Crippen molar-refractivity contribution in [2.24, 2.45) is 0 Å². The lowest BCUT2D eigenvalue weighted by Crippen LogP contribution is -2.48. The number of likely N-dealkylation sites (tertiary alicyclic amines) is 2. The van der Waals surface area contributed by atoms with Gasteiger partial charge >= 0.3 is 0 Å². The molecule has 1 aromatic carbocycles. The summed E-state index contributed by atoms with van der Waals surface area (Å²) in [7, 11) is 0. The first-order valence-electron chi connectivity index (χ1n) is 14.2. The highest BCUT2D eigenvalue weighted by molar-refractivity contribution is 5.89. The van der Waals surface area contributed by atoms with Crippen LogP contribution in [0, 0.1) is 17.1 Å². The summed E-state index contributed by atoms with van der Waals surface area (Å²) in [6.45, 7) is 5.10. The highest BCUT2D eigenvalue weighted by Gasteiger charge is 2.32. The van der Waals surface area contributed by atoms with Crippen LogP contribution in [0.25, 0.3) is 22.3 Å². The van der Waals surface area contributed by atoms with E-state index in [9.17, 15) is 9.65 Å². The zero-order valence-corrected chi connectivity index (χ0v) is 23.1. The van der Waals surface area contributed by atoms with Crippen LogP contribution in [0.5, 0.6) is 5.75 Å². The fourth-order valence-electron chi connectivity index (χ4n) is 6.07. The second kappa shape index (κ2) is 11.9. The van der Waals surface area contributed by atoms with Crippen molar-refractivity contribution in [2.45, 2.75) is 63.5 Å². The number of hydrogen-bond donors (Lipinski definition) is 1. The minimum Gasteiger partial charge on any atom is -0.487 e. The predicted molar refractivity (Wildman–Crippen MR) is 150 cm³/mol. The summed E-state index contributed by atoms with van der Waals surface area (Å²) in [5, 5.41) is 14.9. The molecular formula is C30H34F2N8O. The van der Waals surface area contributed by atoms with Gasteiger partial charge in [0, 0.05) is 61.6 Å². The first-order valence-corrected chi connectivity index (χ1v) is 14.2. The van der Waals surface area contributed by atoms with Gasteiger partial charge in [0.25, 0.3) is 0 Å². The molecule has 4 aromatic rings. The first-order chi connectivity index (χ1) is 20.0. The molecule has 3 unspecified atom stereocenters. The Kier molecular flexibility index (Phi) is 7.94. The maximum absolute atomic E-state index is 15.4. The zero-order chi connectivity index (χ0) is 28.3. The molecule has 0 saturated carbocycles. The summed E-state index contributed by atoms with van der Waals surface area (Å²) >= 11 is 0. The molecule has 2 fully saturated rings. The van der Waals surface area contributed by atoms with Crippen molar-refractivity contribution >= 4 is 11.0 Å². The van der Waals surface area contributed by atoms with Gasteiger partial charge in [-0.3, -0.25) is 14.5 Å². The molecule has 2 aliphatic rings. The Morgan fingerprint density at radius 1 is 1.22 bits per heavy atom. The van der Waals surface area contributed by atoms with E-state index in [1.165, 1.54) is 18.5 Å². The number of rotatable bonds is 9. The summed E-state index contributed by atoms with van der Waals surface area (Å²) in [6, 6.07) is 9.10. The summed E-state index contributed by atoms with van der Waals surface area (Å²) in [6.07, 6.45) is 8.03. The average Bonchev–Trinajstić information content (AvgIpc) is 3.71. The maximum atomic E-state index is 15.4. The fourth-order valence-corrected chi connectivity index (χ4v) is 6.07. The van der Waals surface area contributed by atoms with E-state index < -0.39 is 12.3 Å². The number of piperidine rings is 1. The topological polar surface area (TPSA) is 98.9 Å². The van der Waals surface area contributed by atoms with Crippen molar-refractivity contribution in [3.63, 3.8) is 0 Å². The monoisotopic (exact) mass is 560 g/mol. The number of aromatic nitrogens is 5. The number of benzene rings is 1. The Morgan fingerprint density at radius 2 is 2.12 bits per heavy atom. The SMILES string of the molecule is C[C@H]1CCCN1Cc1cc(F)cc(OC2CCN(CC(CC#N)n3cc(-c4ncnc5[nH]ccc45)cn3)CC2F)c1. The van der Waals surface area contributed by atoms with Gasteiger partial charge < -0.3 is 9.72 Å². The van der Waals surface area contributed by atoms with Gasteiger partial charge in [0.2, 0.25) is 0 Å². The van der Waals surface area contributed by atoms with Crippen LogP contribution in [0.3, 0.4) is 0 Å². The average molecular weight is 561 g/mol. The van der Waals surface area contributed by atoms with Gasteiger partial charge in [-0.1, -0.05) is 0 Å². The Labute approximate surface area is 237 Å². The normalized spacial score (nSPS) is 22.6. The lowest BCUT2D eigenvalue weighted by molar-refractivity contribution is 0.0167. The van der Waals surface area contributed by atoms with Crippen LogP contribution in [0.15, 0.2) is 49.2 Å². The Balaban J connectivity index is 1.09. The number of H-pyrrole nitrogens is 1. The van der Waals surface area contributed by atoms with Crippen LogP contribution in [-0.4, -0.2) is 79.0 Å². The van der Waals surface area contributed by atoms with Crippen LogP contribution < -0.4 is 4.74 Å². The second-order valence-electron chi connectivity index (χ2n) is 11.2. The number of ether oxygens (including phenoxy) is 1. The number of hydrogen-bond acceptors (Lipinski definition) is 7. The van der Waals surface area contributed by atoms with E-state index >= 15 is 4.39 Å². The molecule has 0 amide bonds. The molecule has 0 aliphatic carbocycles. The van der Waals surface area contributed by atoms with E-state index in [0.29, 0.717) is 37.8 Å². The van der Waals surface area contributed by atoms with Gasteiger partial charge in [0.1, 0.15) is 35.8 Å². The highest BCUT2D eigenvalue weighted by atomic mass is 19.1. The fraction of sp³-hybridized carbons (Fsp3) is 0.467. The number of nitriles is 1. The maximum Gasteiger partial charge on any atom is 0.149 e. The molecule has 5 heterocycles.